The van der Waals surface area contributed by atoms with Crippen LogP contribution in [0.4, 0.5) is 5.69 Å². The van der Waals surface area contributed by atoms with Gasteiger partial charge in [0.05, 0.1) is 17.7 Å². The first kappa shape index (κ1) is 15.0. The van der Waals surface area contributed by atoms with Crippen LogP contribution in [0, 0.1) is 0 Å². The number of phenols is 1. The molecule has 2 aromatic carbocycles. The number of aromatic hydroxyl groups is 1. The molecule has 0 aromatic heterocycles. The highest BCUT2D eigenvalue weighted by molar-refractivity contribution is 6.33. The van der Waals surface area contributed by atoms with Crippen molar-refractivity contribution >= 4 is 23.3 Å². The zero-order chi connectivity index (χ0) is 15.4. The first-order valence-electron chi connectivity index (χ1n) is 6.14. The van der Waals surface area contributed by atoms with E-state index in [0.717, 1.165) is 0 Å². The summed E-state index contributed by atoms with van der Waals surface area (Å²) >= 11 is 5.80. The molecule has 0 bridgehead atoms. The third-order valence-electron chi connectivity index (χ3n) is 2.97. The van der Waals surface area contributed by atoms with Crippen molar-refractivity contribution < 1.29 is 19.7 Å². The summed E-state index contributed by atoms with van der Waals surface area (Å²) in [4.78, 5) is 11.0. The second-order valence-corrected chi connectivity index (χ2v) is 4.76. The van der Waals surface area contributed by atoms with Gasteiger partial charge < -0.3 is 20.3 Å². The van der Waals surface area contributed by atoms with Gasteiger partial charge in [0.1, 0.15) is 11.5 Å². The predicted molar refractivity (Wildman–Crippen MR) is 80.4 cm³/mol. The van der Waals surface area contributed by atoms with E-state index in [0.29, 0.717) is 23.5 Å². The number of rotatable bonds is 5. The molecule has 110 valence electrons. The second kappa shape index (κ2) is 6.37. The molecule has 2 rings (SSSR count). The van der Waals surface area contributed by atoms with Gasteiger partial charge in [-0.1, -0.05) is 11.6 Å². The zero-order valence-corrected chi connectivity index (χ0v) is 12.0. The minimum atomic E-state index is -1.09. The van der Waals surface area contributed by atoms with Gasteiger partial charge in [-0.15, -0.1) is 0 Å². The van der Waals surface area contributed by atoms with Crippen LogP contribution in [0.15, 0.2) is 36.4 Å². The normalized spacial score (nSPS) is 10.2. The molecular weight excluding hydrogens is 294 g/mol. The molecule has 5 nitrogen and oxygen atoms in total. The first-order chi connectivity index (χ1) is 10.0. The molecule has 0 aliphatic carbocycles. The fraction of sp³-hybridized carbons (Fsp3) is 0.133. The molecule has 0 atom stereocenters. The Kier molecular flexibility index (Phi) is 4.55. The second-order valence-electron chi connectivity index (χ2n) is 4.35. The lowest BCUT2D eigenvalue weighted by Crippen LogP contribution is -2.03. The van der Waals surface area contributed by atoms with Gasteiger partial charge >= 0.3 is 5.97 Å². The molecular formula is C15H14ClNO4. The summed E-state index contributed by atoms with van der Waals surface area (Å²) in [6.45, 7) is 0.344. The van der Waals surface area contributed by atoms with Crippen LogP contribution >= 0.6 is 11.6 Å². The van der Waals surface area contributed by atoms with E-state index in [4.69, 9.17) is 21.4 Å². The summed E-state index contributed by atoms with van der Waals surface area (Å²) in [7, 11) is 1.52. The van der Waals surface area contributed by atoms with Gasteiger partial charge in [0.25, 0.3) is 0 Å². The van der Waals surface area contributed by atoms with Gasteiger partial charge in [0.2, 0.25) is 0 Å². The van der Waals surface area contributed by atoms with Gasteiger partial charge in [-0.05, 0) is 30.3 Å². The van der Waals surface area contributed by atoms with Crippen LogP contribution in [0.5, 0.6) is 11.5 Å². The number of halogens is 1. The molecule has 0 unspecified atom stereocenters. The minimum absolute atomic E-state index is 0.0284. The van der Waals surface area contributed by atoms with Crippen LogP contribution in [0.3, 0.4) is 0 Å². The fourth-order valence-corrected chi connectivity index (χ4v) is 2.01. The van der Waals surface area contributed by atoms with Crippen molar-refractivity contribution in [1.82, 2.24) is 0 Å². The van der Waals surface area contributed by atoms with E-state index in [-0.39, 0.29) is 16.3 Å². The SMILES string of the molecule is COc1ccc(CNc2ccc(Cl)c(C(=O)O)c2)c(O)c1. The maximum Gasteiger partial charge on any atom is 0.337 e. The zero-order valence-electron chi connectivity index (χ0n) is 11.3. The number of nitrogens with one attached hydrogen (secondary N) is 1. The molecule has 0 fully saturated rings. The lowest BCUT2D eigenvalue weighted by atomic mass is 10.1. The molecule has 3 N–H and O–H groups in total. The number of aromatic carboxylic acids is 1. The van der Waals surface area contributed by atoms with Gasteiger partial charge in [-0.3, -0.25) is 0 Å². The Balaban J connectivity index is 2.13. The molecule has 0 saturated carbocycles. The summed E-state index contributed by atoms with van der Waals surface area (Å²) in [5.74, 6) is -0.416. The van der Waals surface area contributed by atoms with E-state index in [1.807, 2.05) is 0 Å². The van der Waals surface area contributed by atoms with Gasteiger partial charge in [0.15, 0.2) is 0 Å². The Bertz CT molecular complexity index is 673. The van der Waals surface area contributed by atoms with E-state index in [2.05, 4.69) is 5.32 Å². The smallest absolute Gasteiger partial charge is 0.337 e. The molecule has 0 amide bonds. The predicted octanol–water partition coefficient (Wildman–Crippen LogP) is 3.36. The highest BCUT2D eigenvalue weighted by Crippen LogP contribution is 2.25. The van der Waals surface area contributed by atoms with Crippen molar-refractivity contribution in [2.75, 3.05) is 12.4 Å². The summed E-state index contributed by atoms with van der Waals surface area (Å²) < 4.78 is 5.01. The van der Waals surface area contributed by atoms with Crippen molar-refractivity contribution in [3.63, 3.8) is 0 Å². The maximum absolute atomic E-state index is 11.0. The highest BCUT2D eigenvalue weighted by Gasteiger charge is 2.10. The van der Waals surface area contributed by atoms with Crippen molar-refractivity contribution in [2.45, 2.75) is 6.54 Å². The molecule has 0 heterocycles. The Hall–Kier alpha value is -2.40. The number of carboxylic acids is 1. The molecule has 21 heavy (non-hydrogen) atoms. The number of methoxy groups -OCH3 is 1. The average Bonchev–Trinajstić information content (AvgIpc) is 2.47. The van der Waals surface area contributed by atoms with Crippen LogP contribution < -0.4 is 10.1 Å². The molecule has 2 aromatic rings. The van der Waals surface area contributed by atoms with Crippen LogP contribution in [0.2, 0.25) is 5.02 Å². The standard InChI is InChI=1S/C15H14ClNO4/c1-21-11-4-2-9(14(18)7-11)8-17-10-3-5-13(16)12(6-10)15(19)20/h2-7,17-18H,8H2,1H3,(H,19,20). The van der Waals surface area contributed by atoms with Crippen LogP contribution in [0.25, 0.3) is 0 Å². The summed E-state index contributed by atoms with van der Waals surface area (Å²) in [5.41, 5.74) is 1.30. The van der Waals surface area contributed by atoms with Gasteiger partial charge in [-0.25, -0.2) is 4.79 Å². The monoisotopic (exact) mass is 307 g/mol. The molecule has 0 spiro atoms. The number of phenolic OH excluding ortho intramolecular Hbond substituents is 1. The molecule has 0 aliphatic rings. The van der Waals surface area contributed by atoms with Crippen molar-refractivity contribution in [2.24, 2.45) is 0 Å². The van der Waals surface area contributed by atoms with Crippen molar-refractivity contribution in [1.29, 1.82) is 0 Å². The van der Waals surface area contributed by atoms with Gasteiger partial charge in [0, 0.05) is 23.9 Å². The molecule has 0 saturated heterocycles. The van der Waals surface area contributed by atoms with E-state index in [1.165, 1.54) is 25.3 Å². The largest absolute Gasteiger partial charge is 0.507 e. The first-order valence-corrected chi connectivity index (χ1v) is 6.51. The van der Waals surface area contributed by atoms with E-state index in [9.17, 15) is 9.90 Å². The maximum atomic E-state index is 11.0. The number of ether oxygens (including phenoxy) is 1. The summed E-state index contributed by atoms with van der Waals surface area (Å²) in [5, 5.41) is 22.1. The number of anilines is 1. The Morgan fingerprint density at radius 1 is 1.29 bits per heavy atom. The summed E-state index contributed by atoms with van der Waals surface area (Å²) in [6.07, 6.45) is 0. The van der Waals surface area contributed by atoms with Crippen LogP contribution in [-0.2, 0) is 6.54 Å². The lowest BCUT2D eigenvalue weighted by molar-refractivity contribution is 0.0697. The van der Waals surface area contributed by atoms with Gasteiger partial charge in [-0.2, -0.15) is 0 Å². The Morgan fingerprint density at radius 2 is 2.05 bits per heavy atom. The molecule has 0 aliphatic heterocycles. The summed E-state index contributed by atoms with van der Waals surface area (Å²) in [6, 6.07) is 9.62. The fourth-order valence-electron chi connectivity index (χ4n) is 1.82. The van der Waals surface area contributed by atoms with Crippen molar-refractivity contribution in [3.05, 3.63) is 52.5 Å². The third-order valence-corrected chi connectivity index (χ3v) is 3.30. The van der Waals surface area contributed by atoms with E-state index >= 15 is 0 Å². The van der Waals surface area contributed by atoms with E-state index in [1.54, 1.807) is 18.2 Å². The number of carboxylic acid groups (broad SMARTS) is 1. The number of carbonyl (C=O) groups is 1. The van der Waals surface area contributed by atoms with E-state index < -0.39 is 5.97 Å². The number of benzene rings is 2. The van der Waals surface area contributed by atoms with Crippen molar-refractivity contribution in [3.8, 4) is 11.5 Å². The van der Waals surface area contributed by atoms with Crippen LogP contribution in [-0.4, -0.2) is 23.3 Å². The lowest BCUT2D eigenvalue weighted by Gasteiger charge is -2.10. The average molecular weight is 308 g/mol. The Labute approximate surface area is 126 Å². The molecule has 6 heteroatoms. The van der Waals surface area contributed by atoms with Crippen LogP contribution in [0.1, 0.15) is 15.9 Å². The molecule has 0 radical (unpaired) electrons. The topological polar surface area (TPSA) is 78.8 Å². The third kappa shape index (κ3) is 3.58. The quantitative estimate of drug-likeness (QED) is 0.789. The Morgan fingerprint density at radius 3 is 2.67 bits per heavy atom. The number of hydrogen-bond acceptors (Lipinski definition) is 4. The highest BCUT2D eigenvalue weighted by atomic mass is 35.5. The minimum Gasteiger partial charge on any atom is -0.507 e. The number of hydrogen-bond donors (Lipinski definition) is 3.